The van der Waals surface area contributed by atoms with E-state index in [-0.39, 0.29) is 5.78 Å². The van der Waals surface area contributed by atoms with Gasteiger partial charge >= 0.3 is 0 Å². The monoisotopic (exact) mass is 273 g/mol. The van der Waals surface area contributed by atoms with Gasteiger partial charge in [-0.2, -0.15) is 0 Å². The fraction of sp³-hybridized carbons (Fsp3) is 0.188. The van der Waals surface area contributed by atoms with Crippen LogP contribution in [0, 0.1) is 0 Å². The molecule has 2 aromatic carbocycles. The molecule has 0 bridgehead atoms. The summed E-state index contributed by atoms with van der Waals surface area (Å²) in [5.74, 6) is -0.0454. The van der Waals surface area contributed by atoms with E-state index < -0.39 is 0 Å². The van der Waals surface area contributed by atoms with Crippen LogP contribution in [0.2, 0.25) is 5.02 Å². The average molecular weight is 274 g/mol. The van der Waals surface area contributed by atoms with Crippen LogP contribution in [0.3, 0.4) is 0 Å². The van der Waals surface area contributed by atoms with E-state index in [1.54, 1.807) is 12.1 Å². The number of hydrogen-bond donors (Lipinski definition) is 1. The van der Waals surface area contributed by atoms with Gasteiger partial charge in [0.2, 0.25) is 0 Å². The Morgan fingerprint density at radius 3 is 2.37 bits per heavy atom. The molecular formula is C16H16ClNO. The molecule has 2 nitrogen and oxygen atoms in total. The highest BCUT2D eigenvalue weighted by atomic mass is 35.5. The van der Waals surface area contributed by atoms with Crippen molar-refractivity contribution in [2.24, 2.45) is 5.73 Å². The second-order valence-corrected chi connectivity index (χ2v) is 4.81. The van der Waals surface area contributed by atoms with Gasteiger partial charge in [-0.15, -0.1) is 0 Å². The van der Waals surface area contributed by atoms with E-state index in [2.05, 4.69) is 0 Å². The van der Waals surface area contributed by atoms with E-state index in [0.29, 0.717) is 22.7 Å². The van der Waals surface area contributed by atoms with Crippen LogP contribution < -0.4 is 5.73 Å². The van der Waals surface area contributed by atoms with Crippen molar-refractivity contribution in [1.29, 1.82) is 0 Å². The lowest BCUT2D eigenvalue weighted by atomic mass is 10.0. The third-order valence-corrected chi connectivity index (χ3v) is 3.33. The summed E-state index contributed by atoms with van der Waals surface area (Å²) in [7, 11) is 0. The highest BCUT2D eigenvalue weighted by Crippen LogP contribution is 2.19. The van der Waals surface area contributed by atoms with Gasteiger partial charge in [0.15, 0.2) is 5.78 Å². The third-order valence-electron chi connectivity index (χ3n) is 3.00. The number of aryl methyl sites for hydroxylation is 1. The molecule has 2 rings (SSSR count). The van der Waals surface area contributed by atoms with E-state index in [0.717, 1.165) is 12.8 Å². The van der Waals surface area contributed by atoms with Crippen molar-refractivity contribution in [3.8, 4) is 0 Å². The van der Waals surface area contributed by atoms with Crippen LogP contribution in [0.1, 0.15) is 27.9 Å². The zero-order chi connectivity index (χ0) is 13.7. The molecule has 0 heterocycles. The molecular weight excluding hydrogens is 258 g/mol. The number of benzene rings is 2. The maximum atomic E-state index is 12.3. The first-order valence-corrected chi connectivity index (χ1v) is 6.68. The smallest absolute Gasteiger partial charge is 0.194 e. The molecule has 3 heteroatoms. The van der Waals surface area contributed by atoms with E-state index in [9.17, 15) is 4.79 Å². The van der Waals surface area contributed by atoms with E-state index >= 15 is 0 Å². The summed E-state index contributed by atoms with van der Waals surface area (Å²) in [6.45, 7) is 0.681. The quantitative estimate of drug-likeness (QED) is 0.848. The lowest BCUT2D eigenvalue weighted by molar-refractivity contribution is 0.103. The molecule has 0 unspecified atom stereocenters. The summed E-state index contributed by atoms with van der Waals surface area (Å²) < 4.78 is 0. The van der Waals surface area contributed by atoms with Crippen LogP contribution in [0.25, 0.3) is 0 Å². The van der Waals surface area contributed by atoms with Gasteiger partial charge in [-0.3, -0.25) is 4.79 Å². The molecule has 19 heavy (non-hydrogen) atoms. The van der Waals surface area contributed by atoms with Crippen LogP contribution >= 0.6 is 11.6 Å². The molecule has 98 valence electrons. The molecule has 0 saturated heterocycles. The minimum atomic E-state index is -0.0454. The Morgan fingerprint density at radius 2 is 1.74 bits per heavy atom. The van der Waals surface area contributed by atoms with Gasteiger partial charge in [0.05, 0.1) is 5.02 Å². The highest BCUT2D eigenvalue weighted by Gasteiger charge is 2.11. The third kappa shape index (κ3) is 3.43. The Balaban J connectivity index is 2.18. The SMILES string of the molecule is NCCCc1ccc(C(=O)c2ccccc2Cl)cc1. The van der Waals surface area contributed by atoms with Crippen LogP contribution in [-0.4, -0.2) is 12.3 Å². The van der Waals surface area contributed by atoms with Gasteiger partial charge in [0.1, 0.15) is 0 Å². The van der Waals surface area contributed by atoms with Crippen LogP contribution in [0.15, 0.2) is 48.5 Å². The number of nitrogens with two attached hydrogens (primary N) is 1. The molecule has 0 aliphatic carbocycles. The predicted octanol–water partition coefficient (Wildman–Crippen LogP) is 3.46. The fourth-order valence-corrected chi connectivity index (χ4v) is 2.15. The number of rotatable bonds is 5. The normalized spacial score (nSPS) is 10.4. The second-order valence-electron chi connectivity index (χ2n) is 4.40. The number of hydrogen-bond acceptors (Lipinski definition) is 2. The lowest BCUT2D eigenvalue weighted by Gasteiger charge is -2.05. The zero-order valence-electron chi connectivity index (χ0n) is 10.6. The van der Waals surface area contributed by atoms with Crippen molar-refractivity contribution in [3.05, 3.63) is 70.2 Å². The number of halogens is 1. The Bertz CT molecular complexity index is 563. The summed E-state index contributed by atoms with van der Waals surface area (Å²) >= 11 is 6.03. The summed E-state index contributed by atoms with van der Waals surface area (Å²) in [5.41, 5.74) is 7.87. The molecule has 2 aromatic rings. The summed E-state index contributed by atoms with van der Waals surface area (Å²) in [6.07, 6.45) is 1.90. The maximum absolute atomic E-state index is 12.3. The van der Waals surface area contributed by atoms with E-state index in [1.807, 2.05) is 36.4 Å². The highest BCUT2D eigenvalue weighted by molar-refractivity contribution is 6.34. The first-order valence-electron chi connectivity index (χ1n) is 6.30. The van der Waals surface area contributed by atoms with Crippen LogP contribution in [0.5, 0.6) is 0 Å². The standard InChI is InChI=1S/C16H16ClNO/c17-15-6-2-1-5-14(15)16(19)13-9-7-12(8-10-13)4-3-11-18/h1-2,5-10H,3-4,11,18H2. The molecule has 0 radical (unpaired) electrons. The van der Waals surface area contributed by atoms with Gasteiger partial charge in [0, 0.05) is 11.1 Å². The molecule has 0 aromatic heterocycles. The predicted molar refractivity (Wildman–Crippen MR) is 78.7 cm³/mol. The van der Waals surface area contributed by atoms with Crippen molar-refractivity contribution >= 4 is 17.4 Å². The number of carbonyl (C=O) groups excluding carboxylic acids is 1. The Hall–Kier alpha value is -1.64. The molecule has 2 N–H and O–H groups in total. The van der Waals surface area contributed by atoms with E-state index in [1.165, 1.54) is 5.56 Å². The molecule has 0 aliphatic rings. The zero-order valence-corrected chi connectivity index (χ0v) is 11.4. The summed E-state index contributed by atoms with van der Waals surface area (Å²) in [4.78, 5) is 12.3. The Morgan fingerprint density at radius 1 is 1.05 bits per heavy atom. The van der Waals surface area contributed by atoms with Gasteiger partial charge in [-0.1, -0.05) is 48.0 Å². The number of ketones is 1. The Labute approximate surface area is 118 Å². The molecule has 0 aliphatic heterocycles. The molecule has 0 saturated carbocycles. The van der Waals surface area contributed by atoms with E-state index in [4.69, 9.17) is 17.3 Å². The van der Waals surface area contributed by atoms with Gasteiger partial charge < -0.3 is 5.73 Å². The van der Waals surface area contributed by atoms with Crippen molar-refractivity contribution in [1.82, 2.24) is 0 Å². The van der Waals surface area contributed by atoms with Crippen molar-refractivity contribution in [3.63, 3.8) is 0 Å². The first kappa shape index (κ1) is 13.8. The maximum Gasteiger partial charge on any atom is 0.194 e. The first-order chi connectivity index (χ1) is 9.22. The topological polar surface area (TPSA) is 43.1 Å². The van der Waals surface area contributed by atoms with Gasteiger partial charge in [-0.25, -0.2) is 0 Å². The van der Waals surface area contributed by atoms with Crippen molar-refractivity contribution in [2.75, 3.05) is 6.54 Å². The van der Waals surface area contributed by atoms with Gasteiger partial charge in [0.25, 0.3) is 0 Å². The molecule has 0 atom stereocenters. The summed E-state index contributed by atoms with van der Waals surface area (Å²) in [5, 5.41) is 0.486. The minimum Gasteiger partial charge on any atom is -0.330 e. The fourth-order valence-electron chi connectivity index (χ4n) is 1.93. The second kappa shape index (κ2) is 6.50. The summed E-state index contributed by atoms with van der Waals surface area (Å²) in [6, 6.07) is 14.7. The minimum absolute atomic E-state index is 0.0454. The van der Waals surface area contributed by atoms with Crippen molar-refractivity contribution < 1.29 is 4.79 Å². The molecule has 0 fully saturated rings. The lowest BCUT2D eigenvalue weighted by Crippen LogP contribution is -2.03. The Kier molecular flexibility index (Phi) is 4.72. The van der Waals surface area contributed by atoms with Crippen molar-refractivity contribution in [2.45, 2.75) is 12.8 Å². The van der Waals surface area contributed by atoms with Gasteiger partial charge in [-0.05, 0) is 37.1 Å². The van der Waals surface area contributed by atoms with Crippen LogP contribution in [-0.2, 0) is 6.42 Å². The molecule has 0 spiro atoms. The number of carbonyl (C=O) groups is 1. The van der Waals surface area contributed by atoms with Crippen LogP contribution in [0.4, 0.5) is 0 Å². The molecule has 0 amide bonds. The average Bonchev–Trinajstić information content (AvgIpc) is 2.45. The largest absolute Gasteiger partial charge is 0.330 e.